The third-order valence-corrected chi connectivity index (χ3v) is 2.53. The minimum Gasteiger partial charge on any atom is -0.474 e. The minimum atomic E-state index is 0.0256. The first-order valence-electron chi connectivity index (χ1n) is 5.62. The highest BCUT2D eigenvalue weighted by Crippen LogP contribution is 2.15. The lowest BCUT2D eigenvalue weighted by Gasteiger charge is -2.23. The van der Waals surface area contributed by atoms with Gasteiger partial charge in [0.15, 0.2) is 0 Å². The molecule has 1 fully saturated rings. The summed E-state index contributed by atoms with van der Waals surface area (Å²) in [7, 11) is 0. The van der Waals surface area contributed by atoms with Gasteiger partial charge in [-0.1, -0.05) is 0 Å². The molecule has 2 heterocycles. The number of morpholine rings is 1. The van der Waals surface area contributed by atoms with Crippen LogP contribution in [0.15, 0.2) is 12.1 Å². The van der Waals surface area contributed by atoms with Gasteiger partial charge in [0.2, 0.25) is 5.88 Å². The van der Waals surface area contributed by atoms with E-state index in [4.69, 9.17) is 14.7 Å². The molecule has 1 saturated heterocycles. The molecule has 1 aliphatic rings. The van der Waals surface area contributed by atoms with E-state index in [9.17, 15) is 0 Å². The summed E-state index contributed by atoms with van der Waals surface area (Å²) in [6, 6.07) is 5.58. The van der Waals surface area contributed by atoms with Crippen LogP contribution in [0.4, 0.5) is 0 Å². The molecule has 0 aromatic carbocycles. The van der Waals surface area contributed by atoms with E-state index in [0.29, 0.717) is 24.7 Å². The molecule has 1 aromatic heterocycles. The zero-order valence-corrected chi connectivity index (χ0v) is 9.77. The van der Waals surface area contributed by atoms with E-state index in [1.54, 1.807) is 12.1 Å². The van der Waals surface area contributed by atoms with Crippen molar-refractivity contribution in [1.29, 1.82) is 5.26 Å². The predicted molar refractivity (Wildman–Crippen MR) is 61.8 cm³/mol. The van der Waals surface area contributed by atoms with Crippen molar-refractivity contribution in [1.82, 2.24) is 10.3 Å². The highest BCUT2D eigenvalue weighted by molar-refractivity contribution is 5.38. The first-order chi connectivity index (χ1) is 8.29. The predicted octanol–water partition coefficient (Wildman–Crippen LogP) is 0.629. The number of ether oxygens (including phenoxy) is 2. The quantitative estimate of drug-likeness (QED) is 0.829. The topological polar surface area (TPSA) is 67.2 Å². The van der Waals surface area contributed by atoms with Gasteiger partial charge < -0.3 is 14.8 Å². The minimum absolute atomic E-state index is 0.0256. The molecule has 90 valence electrons. The summed E-state index contributed by atoms with van der Waals surface area (Å²) in [5, 5.41) is 12.2. The van der Waals surface area contributed by atoms with Gasteiger partial charge in [-0.2, -0.15) is 5.26 Å². The second-order valence-electron chi connectivity index (χ2n) is 3.93. The maximum absolute atomic E-state index is 8.93. The first-order valence-corrected chi connectivity index (χ1v) is 5.62. The summed E-state index contributed by atoms with van der Waals surface area (Å²) in [6.07, 6.45) is 0.0256. The Bertz CT molecular complexity index is 422. The molecule has 0 aliphatic carbocycles. The lowest BCUT2D eigenvalue weighted by molar-refractivity contribution is -0.000829. The van der Waals surface area contributed by atoms with Gasteiger partial charge in [-0.15, -0.1) is 0 Å². The maximum atomic E-state index is 8.93. The molecule has 0 amide bonds. The summed E-state index contributed by atoms with van der Waals surface area (Å²) in [4.78, 5) is 4.21. The van der Waals surface area contributed by atoms with Crippen LogP contribution in [0.2, 0.25) is 0 Å². The normalized spacial score (nSPS) is 19.6. The van der Waals surface area contributed by atoms with Crippen LogP contribution in [0.3, 0.4) is 0 Å². The zero-order valence-electron chi connectivity index (χ0n) is 9.77. The lowest BCUT2D eigenvalue weighted by atomic mass is 10.2. The zero-order chi connectivity index (χ0) is 12.1. The van der Waals surface area contributed by atoms with Gasteiger partial charge in [-0.05, 0) is 19.1 Å². The molecule has 0 radical (unpaired) electrons. The highest BCUT2D eigenvalue weighted by atomic mass is 16.5. The molecule has 17 heavy (non-hydrogen) atoms. The van der Waals surface area contributed by atoms with Crippen molar-refractivity contribution in [3.63, 3.8) is 0 Å². The lowest BCUT2D eigenvalue weighted by Crippen LogP contribution is -2.41. The maximum Gasteiger partial charge on any atom is 0.231 e. The van der Waals surface area contributed by atoms with Crippen LogP contribution in [-0.2, 0) is 4.74 Å². The molecule has 0 saturated carbocycles. The molecule has 0 spiro atoms. The third-order valence-electron chi connectivity index (χ3n) is 2.53. The van der Waals surface area contributed by atoms with Gasteiger partial charge in [-0.25, -0.2) is 4.98 Å². The molecule has 1 aromatic rings. The molecular weight excluding hydrogens is 218 g/mol. The fraction of sp³-hybridized carbons (Fsp3) is 0.500. The van der Waals surface area contributed by atoms with Crippen LogP contribution in [0.1, 0.15) is 11.3 Å². The van der Waals surface area contributed by atoms with Crippen molar-refractivity contribution in [3.05, 3.63) is 23.4 Å². The van der Waals surface area contributed by atoms with E-state index < -0.39 is 0 Å². The van der Waals surface area contributed by atoms with Crippen molar-refractivity contribution in [2.24, 2.45) is 0 Å². The molecule has 0 bridgehead atoms. The van der Waals surface area contributed by atoms with Crippen LogP contribution in [0.25, 0.3) is 0 Å². The van der Waals surface area contributed by atoms with Gasteiger partial charge in [0.25, 0.3) is 0 Å². The second kappa shape index (κ2) is 5.62. The standard InChI is InChI=1S/C12H15N3O2/c1-9-2-3-10(6-13)12(15-9)17-8-11-7-14-4-5-16-11/h2-3,11,14H,4-5,7-8H2,1H3. The Morgan fingerprint density at radius 3 is 3.24 bits per heavy atom. The van der Waals surface area contributed by atoms with E-state index in [2.05, 4.69) is 16.4 Å². The average molecular weight is 233 g/mol. The largest absolute Gasteiger partial charge is 0.474 e. The Kier molecular flexibility index (Phi) is 3.91. The van der Waals surface area contributed by atoms with Gasteiger partial charge in [0.05, 0.1) is 6.61 Å². The van der Waals surface area contributed by atoms with E-state index in [1.165, 1.54) is 0 Å². The molecule has 1 N–H and O–H groups in total. The Balaban J connectivity index is 1.98. The van der Waals surface area contributed by atoms with E-state index in [1.807, 2.05) is 6.92 Å². The van der Waals surface area contributed by atoms with Gasteiger partial charge in [0, 0.05) is 18.8 Å². The van der Waals surface area contributed by atoms with E-state index in [-0.39, 0.29) is 6.10 Å². The number of aromatic nitrogens is 1. The highest BCUT2D eigenvalue weighted by Gasteiger charge is 2.15. The molecule has 1 atom stereocenters. The van der Waals surface area contributed by atoms with Gasteiger partial charge in [0.1, 0.15) is 24.3 Å². The summed E-state index contributed by atoms with van der Waals surface area (Å²) >= 11 is 0. The van der Waals surface area contributed by atoms with Crippen molar-refractivity contribution in [2.45, 2.75) is 13.0 Å². The van der Waals surface area contributed by atoms with Crippen LogP contribution >= 0.6 is 0 Å². The fourth-order valence-electron chi connectivity index (χ4n) is 1.63. The number of nitrogens with zero attached hydrogens (tertiary/aromatic N) is 2. The van der Waals surface area contributed by atoms with Crippen LogP contribution in [0, 0.1) is 18.3 Å². The number of hydrogen-bond acceptors (Lipinski definition) is 5. The smallest absolute Gasteiger partial charge is 0.231 e. The van der Waals surface area contributed by atoms with Gasteiger partial charge >= 0.3 is 0 Å². The SMILES string of the molecule is Cc1ccc(C#N)c(OCC2CNCCO2)n1. The molecule has 5 heteroatoms. The van der Waals surface area contributed by atoms with E-state index >= 15 is 0 Å². The van der Waals surface area contributed by atoms with Crippen molar-refractivity contribution in [3.8, 4) is 11.9 Å². The molecular formula is C12H15N3O2. The van der Waals surface area contributed by atoms with Crippen molar-refractivity contribution >= 4 is 0 Å². The summed E-state index contributed by atoms with van der Waals surface area (Å²) in [5.74, 6) is 0.390. The van der Waals surface area contributed by atoms with Crippen LogP contribution < -0.4 is 10.1 Å². The number of rotatable bonds is 3. The average Bonchev–Trinajstić information content (AvgIpc) is 2.38. The second-order valence-corrected chi connectivity index (χ2v) is 3.93. The number of hydrogen-bond donors (Lipinski definition) is 1. The van der Waals surface area contributed by atoms with Crippen molar-refractivity contribution < 1.29 is 9.47 Å². The van der Waals surface area contributed by atoms with Crippen LogP contribution in [-0.4, -0.2) is 37.4 Å². The van der Waals surface area contributed by atoms with E-state index in [0.717, 1.165) is 18.8 Å². The Hall–Kier alpha value is -1.64. The fourth-order valence-corrected chi connectivity index (χ4v) is 1.63. The first kappa shape index (κ1) is 11.8. The molecule has 2 rings (SSSR count). The molecule has 5 nitrogen and oxygen atoms in total. The summed E-state index contributed by atoms with van der Waals surface area (Å²) in [6.45, 7) is 4.63. The summed E-state index contributed by atoms with van der Waals surface area (Å²) < 4.78 is 11.1. The number of pyridine rings is 1. The van der Waals surface area contributed by atoms with Crippen molar-refractivity contribution in [2.75, 3.05) is 26.3 Å². The molecule has 1 aliphatic heterocycles. The number of aryl methyl sites for hydroxylation is 1. The third kappa shape index (κ3) is 3.16. The monoisotopic (exact) mass is 233 g/mol. The Morgan fingerprint density at radius 2 is 2.53 bits per heavy atom. The van der Waals surface area contributed by atoms with Gasteiger partial charge in [-0.3, -0.25) is 0 Å². The Morgan fingerprint density at radius 1 is 1.65 bits per heavy atom. The van der Waals surface area contributed by atoms with Crippen LogP contribution in [0.5, 0.6) is 5.88 Å². The Labute approximate surface area is 100 Å². The molecule has 1 unspecified atom stereocenters. The summed E-state index contributed by atoms with van der Waals surface area (Å²) in [5.41, 5.74) is 1.29. The number of nitriles is 1. The number of nitrogens with one attached hydrogen (secondary N) is 1.